The number of carbonyl (C=O) groups excluding carboxylic acids is 1. The average molecular weight is 345 g/mol. The van der Waals surface area contributed by atoms with Crippen molar-refractivity contribution >= 4 is 22.5 Å². The predicted octanol–water partition coefficient (Wildman–Crippen LogP) is 2.07. The van der Waals surface area contributed by atoms with Crippen LogP contribution >= 0.6 is 0 Å². The molecule has 1 amide bonds. The number of nitrogens with two attached hydrogens (primary N) is 2. The average Bonchev–Trinajstić information content (AvgIpc) is 3.11. The van der Waals surface area contributed by atoms with Gasteiger partial charge in [0.15, 0.2) is 11.5 Å². The lowest BCUT2D eigenvalue weighted by atomic mass is 9.99. The molecule has 0 aliphatic heterocycles. The normalized spacial score (nSPS) is 11.0. The fourth-order valence-electron chi connectivity index (χ4n) is 2.92. The van der Waals surface area contributed by atoms with Crippen molar-refractivity contribution in [3.63, 3.8) is 0 Å². The van der Waals surface area contributed by atoms with Gasteiger partial charge in [0.2, 0.25) is 0 Å². The van der Waals surface area contributed by atoms with E-state index in [2.05, 4.69) is 25.1 Å². The second-order valence-electron chi connectivity index (χ2n) is 5.85. The lowest BCUT2D eigenvalue weighted by Crippen LogP contribution is -2.18. The van der Waals surface area contributed by atoms with E-state index in [0.717, 1.165) is 22.0 Å². The zero-order valence-corrected chi connectivity index (χ0v) is 13.9. The smallest absolute Gasteiger partial charge is 0.269 e. The second kappa shape index (κ2) is 5.92. The molecule has 0 spiro atoms. The van der Waals surface area contributed by atoms with E-state index in [0.29, 0.717) is 17.1 Å². The van der Waals surface area contributed by atoms with E-state index < -0.39 is 5.91 Å². The summed E-state index contributed by atoms with van der Waals surface area (Å²) in [7, 11) is 0. The van der Waals surface area contributed by atoms with E-state index in [1.807, 2.05) is 19.1 Å². The molecule has 0 aliphatic rings. The molecule has 0 radical (unpaired) electrons. The summed E-state index contributed by atoms with van der Waals surface area (Å²) in [5.74, 6) is -0.358. The van der Waals surface area contributed by atoms with Crippen molar-refractivity contribution in [1.29, 1.82) is 0 Å². The number of pyridine rings is 1. The number of rotatable bonds is 3. The number of nitrogen functional groups attached to an aromatic ring is 1. The fraction of sp³-hybridized carbons (Fsp3) is 0.0556. The Morgan fingerprint density at radius 2 is 1.88 bits per heavy atom. The largest absolute Gasteiger partial charge is 0.395 e. The number of hydrogen-bond acceptors (Lipinski definition) is 6. The molecule has 3 heterocycles. The molecular formula is C18H15N7O. The van der Waals surface area contributed by atoms with Gasteiger partial charge in [-0.3, -0.25) is 14.9 Å². The van der Waals surface area contributed by atoms with Crippen LogP contribution in [0.2, 0.25) is 0 Å². The van der Waals surface area contributed by atoms with Gasteiger partial charge >= 0.3 is 0 Å². The van der Waals surface area contributed by atoms with E-state index in [9.17, 15) is 4.79 Å². The van der Waals surface area contributed by atoms with Crippen molar-refractivity contribution in [3.05, 3.63) is 54.1 Å². The molecule has 0 saturated carbocycles. The zero-order valence-electron chi connectivity index (χ0n) is 13.9. The van der Waals surface area contributed by atoms with E-state index in [1.54, 1.807) is 30.7 Å². The van der Waals surface area contributed by atoms with Crippen LogP contribution in [0.5, 0.6) is 0 Å². The van der Waals surface area contributed by atoms with Gasteiger partial charge < -0.3 is 11.5 Å². The van der Waals surface area contributed by atoms with Crippen molar-refractivity contribution in [3.8, 4) is 22.6 Å². The maximum atomic E-state index is 11.9. The third kappa shape index (κ3) is 2.44. The number of anilines is 1. The van der Waals surface area contributed by atoms with Gasteiger partial charge in [-0.25, -0.2) is 9.97 Å². The Morgan fingerprint density at radius 3 is 2.62 bits per heavy atom. The zero-order chi connectivity index (χ0) is 18.3. The van der Waals surface area contributed by atoms with Crippen LogP contribution in [0.4, 0.5) is 5.69 Å². The summed E-state index contributed by atoms with van der Waals surface area (Å²) in [4.78, 5) is 24.8. The summed E-state index contributed by atoms with van der Waals surface area (Å²) in [6.45, 7) is 1.94. The number of aromatic amines is 1. The Labute approximate surface area is 148 Å². The van der Waals surface area contributed by atoms with Crippen LogP contribution in [0.1, 0.15) is 16.1 Å². The molecule has 26 heavy (non-hydrogen) atoms. The van der Waals surface area contributed by atoms with E-state index in [-0.39, 0.29) is 11.4 Å². The Morgan fingerprint density at radius 1 is 1.12 bits per heavy atom. The number of nitrogens with zero attached hydrogens (tertiary/aromatic N) is 4. The topological polar surface area (TPSA) is 136 Å². The van der Waals surface area contributed by atoms with Gasteiger partial charge in [-0.05, 0) is 30.7 Å². The van der Waals surface area contributed by atoms with Crippen molar-refractivity contribution < 1.29 is 4.79 Å². The molecule has 0 saturated heterocycles. The van der Waals surface area contributed by atoms with Crippen molar-refractivity contribution in [1.82, 2.24) is 25.1 Å². The Kier molecular flexibility index (Phi) is 3.58. The van der Waals surface area contributed by atoms with Crippen LogP contribution in [-0.4, -0.2) is 31.1 Å². The minimum Gasteiger partial charge on any atom is -0.395 e. The first-order valence-corrected chi connectivity index (χ1v) is 7.87. The molecule has 0 atom stereocenters. The molecule has 8 nitrogen and oxygen atoms in total. The van der Waals surface area contributed by atoms with Gasteiger partial charge in [-0.15, -0.1) is 0 Å². The number of aromatic nitrogens is 5. The summed E-state index contributed by atoms with van der Waals surface area (Å²) in [6.07, 6.45) is 4.96. The third-order valence-corrected chi connectivity index (χ3v) is 4.19. The van der Waals surface area contributed by atoms with Gasteiger partial charge in [0.25, 0.3) is 5.91 Å². The summed E-state index contributed by atoms with van der Waals surface area (Å²) in [6, 6.07) is 7.38. The van der Waals surface area contributed by atoms with Crippen LogP contribution in [-0.2, 0) is 0 Å². The Balaban J connectivity index is 2.07. The van der Waals surface area contributed by atoms with Crippen molar-refractivity contribution in [2.45, 2.75) is 6.92 Å². The van der Waals surface area contributed by atoms with Gasteiger partial charge in [0, 0.05) is 28.9 Å². The Bertz CT molecular complexity index is 1140. The van der Waals surface area contributed by atoms with Crippen LogP contribution < -0.4 is 11.5 Å². The number of aryl methyl sites for hydroxylation is 1. The van der Waals surface area contributed by atoms with E-state index >= 15 is 0 Å². The van der Waals surface area contributed by atoms with E-state index in [4.69, 9.17) is 11.5 Å². The van der Waals surface area contributed by atoms with Crippen LogP contribution in [0.25, 0.3) is 33.5 Å². The number of benzene rings is 1. The summed E-state index contributed by atoms with van der Waals surface area (Å²) < 4.78 is 0. The highest BCUT2D eigenvalue weighted by Crippen LogP contribution is 2.35. The fourth-order valence-corrected chi connectivity index (χ4v) is 2.92. The lowest BCUT2D eigenvalue weighted by Gasteiger charge is -2.13. The summed E-state index contributed by atoms with van der Waals surface area (Å²) in [5, 5.41) is 7.87. The van der Waals surface area contributed by atoms with Gasteiger partial charge in [-0.1, -0.05) is 6.07 Å². The van der Waals surface area contributed by atoms with Crippen molar-refractivity contribution in [2.24, 2.45) is 5.73 Å². The summed E-state index contributed by atoms with van der Waals surface area (Å²) in [5.41, 5.74) is 15.6. The molecular weight excluding hydrogens is 330 g/mol. The predicted molar refractivity (Wildman–Crippen MR) is 98.0 cm³/mol. The molecule has 4 rings (SSSR count). The van der Waals surface area contributed by atoms with Gasteiger partial charge in [0.1, 0.15) is 0 Å². The lowest BCUT2D eigenvalue weighted by molar-refractivity contribution is 0.0996. The second-order valence-corrected chi connectivity index (χ2v) is 5.85. The number of nitrogens with one attached hydrogen (secondary N) is 1. The number of fused-ring (bicyclic) bond motifs is 1. The number of primary amides is 1. The number of hydrogen-bond donors (Lipinski definition) is 3. The van der Waals surface area contributed by atoms with Crippen LogP contribution in [0.15, 0.2) is 42.9 Å². The van der Waals surface area contributed by atoms with Crippen LogP contribution in [0.3, 0.4) is 0 Å². The highest BCUT2D eigenvalue weighted by atomic mass is 16.1. The quantitative estimate of drug-likeness (QED) is 0.520. The molecule has 0 fully saturated rings. The van der Waals surface area contributed by atoms with Crippen molar-refractivity contribution in [2.75, 3.05) is 5.73 Å². The molecule has 0 aliphatic carbocycles. The molecule has 1 aromatic carbocycles. The maximum absolute atomic E-state index is 11.9. The molecule has 128 valence electrons. The molecule has 0 unspecified atom stereocenters. The number of carbonyl (C=O) groups is 1. The highest BCUT2D eigenvalue weighted by Gasteiger charge is 2.21. The van der Waals surface area contributed by atoms with E-state index in [1.165, 1.54) is 0 Å². The molecule has 8 heteroatoms. The van der Waals surface area contributed by atoms with Gasteiger partial charge in [-0.2, -0.15) is 5.10 Å². The SMILES string of the molecule is Cc1ccc2[nH]ncc2c1-c1nc(-c2ccncc2)nc(C(N)=O)c1N. The van der Waals surface area contributed by atoms with Gasteiger partial charge in [0.05, 0.1) is 23.1 Å². The Hall–Kier alpha value is -3.81. The maximum Gasteiger partial charge on any atom is 0.269 e. The minimum absolute atomic E-state index is 0.0123. The number of amides is 1. The first kappa shape index (κ1) is 15.7. The minimum atomic E-state index is -0.710. The molecule has 0 bridgehead atoms. The first-order chi connectivity index (χ1) is 12.6. The standard InChI is InChI=1S/C18H15N7O/c1-9-2-3-12-11(8-22-25-12)13(9)15-14(19)16(17(20)26)24-18(23-15)10-4-6-21-7-5-10/h2-8H,19H2,1H3,(H2,20,26)(H,22,25). The molecule has 4 aromatic rings. The number of H-pyrrole nitrogens is 1. The monoisotopic (exact) mass is 345 g/mol. The first-order valence-electron chi connectivity index (χ1n) is 7.87. The molecule has 5 N–H and O–H groups in total. The summed E-state index contributed by atoms with van der Waals surface area (Å²) >= 11 is 0. The van der Waals surface area contributed by atoms with Crippen LogP contribution in [0, 0.1) is 6.92 Å². The third-order valence-electron chi connectivity index (χ3n) is 4.19. The molecule has 3 aromatic heterocycles. The highest BCUT2D eigenvalue weighted by molar-refractivity contribution is 6.04.